The molecular weight excluding hydrogens is 275 g/mol. The molecule has 0 aliphatic rings. The third kappa shape index (κ3) is 6.35. The number of carbonyl (C=O) groups excluding carboxylic acids is 1. The van der Waals surface area contributed by atoms with Crippen LogP contribution in [0.3, 0.4) is 0 Å². The van der Waals surface area contributed by atoms with Crippen molar-refractivity contribution in [2.45, 2.75) is 19.4 Å². The molecular formula is C15H21FN2O3. The van der Waals surface area contributed by atoms with E-state index in [9.17, 15) is 14.0 Å². The number of hydrogen-bond acceptors (Lipinski definition) is 3. The number of halogens is 1. The minimum absolute atomic E-state index is 0.0722. The van der Waals surface area contributed by atoms with Gasteiger partial charge in [0.15, 0.2) is 0 Å². The van der Waals surface area contributed by atoms with Crippen LogP contribution in [0, 0.1) is 5.82 Å². The lowest BCUT2D eigenvalue weighted by atomic mass is 10.2. The molecule has 0 atom stereocenters. The predicted molar refractivity (Wildman–Crippen MR) is 77.2 cm³/mol. The van der Waals surface area contributed by atoms with Gasteiger partial charge >= 0.3 is 5.97 Å². The van der Waals surface area contributed by atoms with Gasteiger partial charge in [0.05, 0.1) is 6.42 Å². The molecule has 0 radical (unpaired) electrons. The van der Waals surface area contributed by atoms with Crippen molar-refractivity contribution in [1.29, 1.82) is 0 Å². The molecule has 0 spiro atoms. The fourth-order valence-corrected chi connectivity index (χ4v) is 1.82. The number of hydrogen-bond donors (Lipinski definition) is 1. The van der Waals surface area contributed by atoms with Crippen molar-refractivity contribution in [3.8, 4) is 0 Å². The van der Waals surface area contributed by atoms with Gasteiger partial charge in [0.25, 0.3) is 0 Å². The molecule has 0 bridgehead atoms. The molecule has 1 N–H and O–H groups in total. The molecule has 1 aromatic rings. The predicted octanol–water partition coefficient (Wildman–Crippen LogP) is 1.58. The van der Waals surface area contributed by atoms with Gasteiger partial charge in [-0.05, 0) is 20.2 Å². The third-order valence-corrected chi connectivity index (χ3v) is 3.04. The second-order valence-corrected chi connectivity index (χ2v) is 5.10. The molecule has 5 nitrogen and oxygen atoms in total. The Morgan fingerprint density at radius 2 is 1.81 bits per heavy atom. The Morgan fingerprint density at radius 1 is 1.14 bits per heavy atom. The Balaban J connectivity index is 2.74. The standard InChI is InChI=1S/C15H21FN2O3/c1-17(2)9-10-18(14(19)7-8-15(20)21)11-12-5-3-4-6-13(12)16/h3-6H,7-11H2,1-2H3,(H,20,21). The lowest BCUT2D eigenvalue weighted by molar-refractivity contribution is -0.141. The molecule has 0 saturated carbocycles. The summed E-state index contributed by atoms with van der Waals surface area (Å²) in [6.45, 7) is 1.21. The van der Waals surface area contributed by atoms with Gasteiger partial charge in [-0.25, -0.2) is 4.39 Å². The van der Waals surface area contributed by atoms with Gasteiger partial charge in [0, 0.05) is 31.6 Å². The van der Waals surface area contributed by atoms with E-state index in [4.69, 9.17) is 5.11 Å². The van der Waals surface area contributed by atoms with Crippen molar-refractivity contribution in [2.75, 3.05) is 27.2 Å². The second-order valence-electron chi connectivity index (χ2n) is 5.10. The fourth-order valence-electron chi connectivity index (χ4n) is 1.82. The van der Waals surface area contributed by atoms with Crippen LogP contribution in [0.5, 0.6) is 0 Å². The largest absolute Gasteiger partial charge is 0.481 e. The summed E-state index contributed by atoms with van der Waals surface area (Å²) in [6, 6.07) is 6.28. The quantitative estimate of drug-likeness (QED) is 0.791. The summed E-state index contributed by atoms with van der Waals surface area (Å²) in [5, 5.41) is 8.66. The molecule has 0 saturated heterocycles. The number of carboxylic acids is 1. The van der Waals surface area contributed by atoms with E-state index in [1.165, 1.54) is 11.0 Å². The Labute approximate surface area is 124 Å². The number of rotatable bonds is 8. The van der Waals surface area contributed by atoms with Crippen LogP contribution in [0.15, 0.2) is 24.3 Å². The SMILES string of the molecule is CN(C)CCN(Cc1ccccc1F)C(=O)CCC(=O)O. The van der Waals surface area contributed by atoms with Gasteiger partial charge in [-0.15, -0.1) is 0 Å². The van der Waals surface area contributed by atoms with Crippen LogP contribution in [0.2, 0.25) is 0 Å². The van der Waals surface area contributed by atoms with Gasteiger partial charge in [0.1, 0.15) is 5.82 Å². The summed E-state index contributed by atoms with van der Waals surface area (Å²) in [4.78, 5) is 26.1. The topological polar surface area (TPSA) is 60.9 Å². The molecule has 0 aliphatic heterocycles. The zero-order valence-electron chi connectivity index (χ0n) is 12.4. The summed E-state index contributed by atoms with van der Waals surface area (Å²) in [7, 11) is 3.76. The zero-order chi connectivity index (χ0) is 15.8. The van der Waals surface area contributed by atoms with E-state index >= 15 is 0 Å². The number of carboxylic acid groups (broad SMARTS) is 1. The van der Waals surface area contributed by atoms with Gasteiger partial charge in [-0.2, -0.15) is 0 Å². The maximum Gasteiger partial charge on any atom is 0.303 e. The Morgan fingerprint density at radius 3 is 2.38 bits per heavy atom. The molecule has 0 unspecified atom stereocenters. The van der Waals surface area contributed by atoms with E-state index in [1.54, 1.807) is 18.2 Å². The number of aliphatic carboxylic acids is 1. The maximum absolute atomic E-state index is 13.7. The Bertz CT molecular complexity index is 492. The highest BCUT2D eigenvalue weighted by Gasteiger charge is 2.16. The molecule has 1 rings (SSSR count). The van der Waals surface area contributed by atoms with E-state index in [0.29, 0.717) is 18.7 Å². The van der Waals surface area contributed by atoms with Crippen LogP contribution in [0.4, 0.5) is 4.39 Å². The van der Waals surface area contributed by atoms with Crippen molar-refractivity contribution in [1.82, 2.24) is 9.80 Å². The van der Waals surface area contributed by atoms with E-state index in [0.717, 1.165) is 0 Å². The normalized spacial score (nSPS) is 10.7. The Kier molecular flexibility index (Phi) is 6.81. The van der Waals surface area contributed by atoms with E-state index in [2.05, 4.69) is 0 Å². The van der Waals surface area contributed by atoms with Crippen LogP contribution in [-0.2, 0) is 16.1 Å². The first-order valence-electron chi connectivity index (χ1n) is 6.78. The summed E-state index contributed by atoms with van der Waals surface area (Å²) in [5.41, 5.74) is 0.430. The molecule has 21 heavy (non-hydrogen) atoms. The van der Waals surface area contributed by atoms with E-state index in [-0.39, 0.29) is 31.1 Å². The molecule has 1 aromatic carbocycles. The summed E-state index contributed by atoms with van der Waals surface area (Å²) in [6.07, 6.45) is -0.286. The van der Waals surface area contributed by atoms with Gasteiger partial charge < -0.3 is 14.9 Å². The average Bonchev–Trinajstić information content (AvgIpc) is 2.42. The Hall–Kier alpha value is -1.95. The summed E-state index contributed by atoms with van der Waals surface area (Å²) in [5.74, 6) is -1.65. The van der Waals surface area contributed by atoms with Crippen LogP contribution in [0.1, 0.15) is 18.4 Å². The monoisotopic (exact) mass is 296 g/mol. The third-order valence-electron chi connectivity index (χ3n) is 3.04. The highest BCUT2D eigenvalue weighted by molar-refractivity contribution is 5.80. The lowest BCUT2D eigenvalue weighted by Crippen LogP contribution is -2.36. The minimum Gasteiger partial charge on any atom is -0.481 e. The van der Waals surface area contributed by atoms with Crippen molar-refractivity contribution in [2.24, 2.45) is 0 Å². The van der Waals surface area contributed by atoms with Gasteiger partial charge in [0.2, 0.25) is 5.91 Å². The number of benzene rings is 1. The lowest BCUT2D eigenvalue weighted by Gasteiger charge is -2.24. The maximum atomic E-state index is 13.7. The number of amides is 1. The van der Waals surface area contributed by atoms with Crippen molar-refractivity contribution < 1.29 is 19.1 Å². The zero-order valence-corrected chi connectivity index (χ0v) is 12.4. The number of carbonyl (C=O) groups is 2. The second kappa shape index (κ2) is 8.36. The smallest absolute Gasteiger partial charge is 0.303 e. The minimum atomic E-state index is -1.01. The molecule has 0 fully saturated rings. The van der Waals surface area contributed by atoms with Crippen molar-refractivity contribution >= 4 is 11.9 Å². The fraction of sp³-hybridized carbons (Fsp3) is 0.467. The molecule has 0 heterocycles. The van der Waals surface area contributed by atoms with Gasteiger partial charge in [-0.3, -0.25) is 9.59 Å². The number of nitrogens with zero attached hydrogens (tertiary/aromatic N) is 2. The molecule has 0 aliphatic carbocycles. The molecule has 0 aromatic heterocycles. The highest BCUT2D eigenvalue weighted by Crippen LogP contribution is 2.11. The first-order valence-corrected chi connectivity index (χ1v) is 6.78. The van der Waals surface area contributed by atoms with Crippen molar-refractivity contribution in [3.05, 3.63) is 35.6 Å². The summed E-state index contributed by atoms with van der Waals surface area (Å²) < 4.78 is 13.7. The average molecular weight is 296 g/mol. The molecule has 6 heteroatoms. The summed E-state index contributed by atoms with van der Waals surface area (Å²) >= 11 is 0. The molecule has 116 valence electrons. The number of likely N-dealkylation sites (N-methyl/N-ethyl adjacent to an activating group) is 1. The van der Waals surface area contributed by atoms with Crippen LogP contribution < -0.4 is 0 Å². The van der Waals surface area contributed by atoms with Crippen LogP contribution >= 0.6 is 0 Å². The van der Waals surface area contributed by atoms with Gasteiger partial charge in [-0.1, -0.05) is 18.2 Å². The first kappa shape index (κ1) is 17.1. The highest BCUT2D eigenvalue weighted by atomic mass is 19.1. The first-order chi connectivity index (χ1) is 9.90. The van der Waals surface area contributed by atoms with Crippen LogP contribution in [0.25, 0.3) is 0 Å². The molecule has 1 amide bonds. The van der Waals surface area contributed by atoms with E-state index in [1.807, 2.05) is 19.0 Å². The van der Waals surface area contributed by atoms with Crippen LogP contribution in [-0.4, -0.2) is 54.0 Å². The van der Waals surface area contributed by atoms with Crippen molar-refractivity contribution in [3.63, 3.8) is 0 Å². The van der Waals surface area contributed by atoms with E-state index < -0.39 is 5.97 Å².